The van der Waals surface area contributed by atoms with E-state index in [4.69, 9.17) is 0 Å². The van der Waals surface area contributed by atoms with Crippen molar-refractivity contribution in [3.63, 3.8) is 0 Å². The molecule has 0 saturated carbocycles. The van der Waals surface area contributed by atoms with Crippen LogP contribution in [0.25, 0.3) is 0 Å². The van der Waals surface area contributed by atoms with Crippen molar-refractivity contribution in [2.24, 2.45) is 0 Å². The lowest BCUT2D eigenvalue weighted by molar-refractivity contribution is 0.0688. The summed E-state index contributed by atoms with van der Waals surface area (Å²) in [5, 5.41) is 9.66. The normalized spacial score (nSPS) is 21.0. The third kappa shape index (κ3) is 2.57. The zero-order chi connectivity index (χ0) is 12.3. The van der Waals surface area contributed by atoms with E-state index in [-0.39, 0.29) is 23.4 Å². The Balaban J connectivity index is 2.21. The third-order valence-corrected chi connectivity index (χ3v) is 3.30. The van der Waals surface area contributed by atoms with Crippen LogP contribution in [-0.4, -0.2) is 33.5 Å². The summed E-state index contributed by atoms with van der Waals surface area (Å²) >= 11 is 0. The first-order valence-corrected chi connectivity index (χ1v) is 6.15. The second-order valence-corrected chi connectivity index (χ2v) is 4.57. The van der Waals surface area contributed by atoms with E-state index < -0.39 is 0 Å². The minimum atomic E-state index is -0.155. The van der Waals surface area contributed by atoms with E-state index in [0.29, 0.717) is 0 Å². The number of hydrogen-bond donors (Lipinski definition) is 1. The maximum Gasteiger partial charge on any atom is 0.276 e. The third-order valence-electron chi connectivity index (χ3n) is 3.30. The van der Waals surface area contributed by atoms with Crippen molar-refractivity contribution in [3.05, 3.63) is 24.0 Å². The number of carbonyl (C=O) groups excluding carboxylic acids is 1. The summed E-state index contributed by atoms with van der Waals surface area (Å²) in [5.41, 5.74) is 0.168. The molecule has 1 aliphatic rings. The van der Waals surface area contributed by atoms with Crippen molar-refractivity contribution in [1.29, 1.82) is 0 Å². The average Bonchev–Trinajstić information content (AvgIpc) is 2.54. The Kier molecular flexibility index (Phi) is 3.61. The molecule has 0 aliphatic carbocycles. The molecule has 1 aliphatic heterocycles. The second kappa shape index (κ2) is 5.17. The van der Waals surface area contributed by atoms with Crippen LogP contribution in [0, 0.1) is 0 Å². The van der Waals surface area contributed by atoms with Gasteiger partial charge in [-0.15, -0.1) is 0 Å². The molecule has 1 aromatic heterocycles. The number of aromatic hydroxyl groups is 1. The van der Waals surface area contributed by atoms with Crippen LogP contribution < -0.4 is 0 Å². The van der Waals surface area contributed by atoms with E-state index in [0.717, 1.165) is 19.4 Å². The van der Waals surface area contributed by atoms with E-state index in [1.807, 2.05) is 4.90 Å². The molecule has 1 N–H and O–H groups in total. The molecule has 2 rings (SSSR count). The van der Waals surface area contributed by atoms with E-state index in [1.165, 1.54) is 25.1 Å². The summed E-state index contributed by atoms with van der Waals surface area (Å²) in [4.78, 5) is 18.1. The molecule has 1 fully saturated rings. The monoisotopic (exact) mass is 234 g/mol. The fourth-order valence-electron chi connectivity index (χ4n) is 2.27. The molecule has 1 aromatic rings. The van der Waals surface area contributed by atoms with Gasteiger partial charge in [-0.1, -0.05) is 12.8 Å². The van der Waals surface area contributed by atoms with Gasteiger partial charge in [0.25, 0.3) is 5.91 Å². The highest BCUT2D eigenvalue weighted by atomic mass is 16.3. The largest absolute Gasteiger partial charge is 0.505 e. The van der Waals surface area contributed by atoms with Gasteiger partial charge in [-0.3, -0.25) is 4.79 Å². The highest BCUT2D eigenvalue weighted by Gasteiger charge is 2.25. The highest BCUT2D eigenvalue weighted by molar-refractivity contribution is 5.95. The molecule has 0 spiro atoms. The molecule has 1 unspecified atom stereocenters. The second-order valence-electron chi connectivity index (χ2n) is 4.57. The summed E-state index contributed by atoms with van der Waals surface area (Å²) in [7, 11) is 0. The maximum atomic E-state index is 12.3. The van der Waals surface area contributed by atoms with Gasteiger partial charge in [0.2, 0.25) is 0 Å². The average molecular weight is 234 g/mol. The molecule has 0 radical (unpaired) electrons. The van der Waals surface area contributed by atoms with Crippen molar-refractivity contribution >= 4 is 5.91 Å². The SMILES string of the molecule is CC1CCCCCN1C(=O)c1ncccc1O. The van der Waals surface area contributed by atoms with Crippen LogP contribution in [0.1, 0.15) is 43.1 Å². The molecule has 1 amide bonds. The number of hydrogen-bond acceptors (Lipinski definition) is 3. The first kappa shape index (κ1) is 11.9. The molecule has 92 valence electrons. The Labute approximate surface area is 101 Å². The zero-order valence-corrected chi connectivity index (χ0v) is 10.1. The van der Waals surface area contributed by atoms with Crippen molar-refractivity contribution in [2.75, 3.05) is 6.54 Å². The molecule has 17 heavy (non-hydrogen) atoms. The van der Waals surface area contributed by atoms with Crippen LogP contribution in [0.5, 0.6) is 5.75 Å². The number of aromatic nitrogens is 1. The van der Waals surface area contributed by atoms with Crippen LogP contribution in [-0.2, 0) is 0 Å². The maximum absolute atomic E-state index is 12.3. The Morgan fingerprint density at radius 3 is 3.06 bits per heavy atom. The van der Waals surface area contributed by atoms with Crippen molar-refractivity contribution in [3.8, 4) is 5.75 Å². The Morgan fingerprint density at radius 1 is 1.47 bits per heavy atom. The lowest BCUT2D eigenvalue weighted by Gasteiger charge is -2.26. The number of nitrogens with zero attached hydrogens (tertiary/aromatic N) is 2. The lowest BCUT2D eigenvalue weighted by atomic mass is 10.1. The molecule has 0 bridgehead atoms. The Bertz CT molecular complexity index is 406. The van der Waals surface area contributed by atoms with Crippen LogP contribution in [0.2, 0.25) is 0 Å². The van der Waals surface area contributed by atoms with Crippen molar-refractivity contribution < 1.29 is 9.90 Å². The fourth-order valence-corrected chi connectivity index (χ4v) is 2.27. The number of pyridine rings is 1. The minimum Gasteiger partial charge on any atom is -0.505 e. The topological polar surface area (TPSA) is 53.4 Å². The van der Waals surface area contributed by atoms with E-state index in [1.54, 1.807) is 6.07 Å². The summed E-state index contributed by atoms with van der Waals surface area (Å²) in [6.07, 6.45) is 5.93. The van der Waals surface area contributed by atoms with Gasteiger partial charge in [0.05, 0.1) is 0 Å². The summed E-state index contributed by atoms with van der Waals surface area (Å²) < 4.78 is 0. The smallest absolute Gasteiger partial charge is 0.276 e. The molecule has 4 heteroatoms. The van der Waals surface area contributed by atoms with Gasteiger partial charge in [0.15, 0.2) is 5.69 Å². The van der Waals surface area contributed by atoms with Gasteiger partial charge in [0, 0.05) is 18.8 Å². The molecule has 1 saturated heterocycles. The Morgan fingerprint density at radius 2 is 2.29 bits per heavy atom. The van der Waals surface area contributed by atoms with Gasteiger partial charge in [-0.05, 0) is 31.9 Å². The van der Waals surface area contributed by atoms with Crippen molar-refractivity contribution in [1.82, 2.24) is 9.88 Å². The first-order valence-electron chi connectivity index (χ1n) is 6.15. The van der Waals surface area contributed by atoms with Crippen molar-refractivity contribution in [2.45, 2.75) is 38.6 Å². The lowest BCUT2D eigenvalue weighted by Crippen LogP contribution is -2.38. The van der Waals surface area contributed by atoms with E-state index >= 15 is 0 Å². The molecular weight excluding hydrogens is 216 g/mol. The molecule has 0 aromatic carbocycles. The van der Waals surface area contributed by atoms with Crippen LogP contribution in [0.4, 0.5) is 0 Å². The van der Waals surface area contributed by atoms with Gasteiger partial charge in [-0.25, -0.2) is 4.98 Å². The van der Waals surface area contributed by atoms with E-state index in [9.17, 15) is 9.90 Å². The predicted octanol–water partition coefficient (Wildman–Crippen LogP) is 2.19. The zero-order valence-electron chi connectivity index (χ0n) is 10.1. The van der Waals surface area contributed by atoms with Gasteiger partial charge < -0.3 is 10.0 Å². The summed E-state index contributed by atoms with van der Waals surface area (Å²) in [6, 6.07) is 3.35. The van der Waals surface area contributed by atoms with E-state index in [2.05, 4.69) is 11.9 Å². The number of likely N-dealkylation sites (tertiary alicyclic amines) is 1. The summed E-state index contributed by atoms with van der Waals surface area (Å²) in [6.45, 7) is 2.82. The molecular formula is C13H18N2O2. The first-order chi connectivity index (χ1) is 8.20. The summed E-state index contributed by atoms with van der Waals surface area (Å²) in [5.74, 6) is -0.188. The predicted molar refractivity (Wildman–Crippen MR) is 64.9 cm³/mol. The number of carbonyl (C=O) groups is 1. The number of rotatable bonds is 1. The quantitative estimate of drug-likeness (QED) is 0.810. The van der Waals surface area contributed by atoms with Crippen LogP contribution >= 0.6 is 0 Å². The highest BCUT2D eigenvalue weighted by Crippen LogP contribution is 2.21. The Hall–Kier alpha value is -1.58. The van der Waals surface area contributed by atoms with Crippen LogP contribution in [0.3, 0.4) is 0 Å². The molecule has 1 atom stereocenters. The van der Waals surface area contributed by atoms with Gasteiger partial charge in [-0.2, -0.15) is 0 Å². The van der Waals surface area contributed by atoms with Gasteiger partial charge >= 0.3 is 0 Å². The fraction of sp³-hybridized carbons (Fsp3) is 0.538. The molecule has 4 nitrogen and oxygen atoms in total. The number of amides is 1. The minimum absolute atomic E-state index is 0.0334. The standard InChI is InChI=1S/C13H18N2O2/c1-10-6-3-2-4-9-15(10)13(17)12-11(16)7-5-8-14-12/h5,7-8,10,16H,2-4,6,9H2,1H3. The van der Waals surface area contributed by atoms with Crippen LogP contribution in [0.15, 0.2) is 18.3 Å². The van der Waals surface area contributed by atoms with Gasteiger partial charge in [0.1, 0.15) is 5.75 Å². The molecule has 2 heterocycles.